The van der Waals surface area contributed by atoms with Crippen LogP contribution < -0.4 is 5.32 Å². The average Bonchev–Trinajstić information content (AvgIpc) is 3.49. The standard InChI is InChI=1S/C23H30F3N5/c1-27-21(31-11-8-17(15-31)18-13-29-30(2)14-18)28-16-22(9-3-4-10-22)19-6-5-7-20(12-19)23(24,25)26/h5-7,12-14,17H,3-4,8-11,15-16H2,1-2H3,(H,27,28). The molecular formula is C23H30F3N5. The second-order valence-corrected chi connectivity index (χ2v) is 8.85. The molecule has 1 atom stereocenters. The summed E-state index contributed by atoms with van der Waals surface area (Å²) in [6.45, 7) is 2.35. The van der Waals surface area contributed by atoms with Gasteiger partial charge < -0.3 is 10.2 Å². The molecule has 1 N–H and O–H groups in total. The number of nitrogens with zero attached hydrogens (tertiary/aromatic N) is 4. The predicted molar refractivity (Wildman–Crippen MR) is 115 cm³/mol. The van der Waals surface area contributed by atoms with E-state index in [2.05, 4.69) is 26.5 Å². The van der Waals surface area contributed by atoms with E-state index in [0.717, 1.165) is 62.8 Å². The first kappa shape index (κ1) is 21.7. The molecule has 8 heteroatoms. The second-order valence-electron chi connectivity index (χ2n) is 8.85. The van der Waals surface area contributed by atoms with Crippen molar-refractivity contribution in [3.63, 3.8) is 0 Å². The molecule has 1 saturated heterocycles. The van der Waals surface area contributed by atoms with Crippen LogP contribution in [0.4, 0.5) is 13.2 Å². The Morgan fingerprint density at radius 1 is 1.29 bits per heavy atom. The molecule has 1 aromatic carbocycles. The quantitative estimate of drug-likeness (QED) is 0.577. The molecule has 0 spiro atoms. The normalized spacial score (nSPS) is 21.6. The minimum atomic E-state index is -4.32. The molecule has 2 aliphatic rings. The summed E-state index contributed by atoms with van der Waals surface area (Å²) in [5.74, 6) is 1.24. The zero-order valence-electron chi connectivity index (χ0n) is 18.1. The molecular weight excluding hydrogens is 403 g/mol. The summed E-state index contributed by atoms with van der Waals surface area (Å²) < 4.78 is 41.7. The van der Waals surface area contributed by atoms with E-state index in [1.54, 1.807) is 7.05 Å². The molecule has 1 unspecified atom stereocenters. The zero-order chi connectivity index (χ0) is 22.1. The number of alkyl halides is 3. The second kappa shape index (κ2) is 8.55. The number of hydrogen-bond donors (Lipinski definition) is 1. The smallest absolute Gasteiger partial charge is 0.355 e. The summed E-state index contributed by atoms with van der Waals surface area (Å²) in [5, 5.41) is 7.78. The summed E-state index contributed by atoms with van der Waals surface area (Å²) in [6.07, 6.45) is 4.53. The minimum absolute atomic E-state index is 0.292. The van der Waals surface area contributed by atoms with E-state index in [1.165, 1.54) is 17.7 Å². The summed E-state index contributed by atoms with van der Waals surface area (Å²) in [6, 6.07) is 5.87. The molecule has 4 rings (SSSR count). The van der Waals surface area contributed by atoms with Crippen molar-refractivity contribution in [1.82, 2.24) is 20.0 Å². The lowest BCUT2D eigenvalue weighted by Crippen LogP contribution is -2.46. The van der Waals surface area contributed by atoms with Crippen molar-refractivity contribution in [2.24, 2.45) is 12.0 Å². The van der Waals surface area contributed by atoms with Gasteiger partial charge in [0.15, 0.2) is 5.96 Å². The summed E-state index contributed by atoms with van der Waals surface area (Å²) in [7, 11) is 3.69. The molecule has 5 nitrogen and oxygen atoms in total. The number of aryl methyl sites for hydroxylation is 1. The summed E-state index contributed by atoms with van der Waals surface area (Å²) in [4.78, 5) is 6.72. The molecule has 1 aromatic heterocycles. The van der Waals surface area contributed by atoms with Crippen LogP contribution in [-0.4, -0.2) is 47.3 Å². The molecule has 0 bridgehead atoms. The molecule has 2 fully saturated rings. The highest BCUT2D eigenvalue weighted by Crippen LogP contribution is 2.42. The van der Waals surface area contributed by atoms with Crippen molar-refractivity contribution in [1.29, 1.82) is 0 Å². The van der Waals surface area contributed by atoms with Crippen LogP contribution in [0.1, 0.15) is 54.7 Å². The molecule has 1 aliphatic heterocycles. The Morgan fingerprint density at radius 3 is 2.71 bits per heavy atom. The third-order valence-corrected chi connectivity index (χ3v) is 6.84. The number of guanidine groups is 1. The van der Waals surface area contributed by atoms with Crippen molar-refractivity contribution >= 4 is 5.96 Å². The molecule has 31 heavy (non-hydrogen) atoms. The van der Waals surface area contributed by atoms with Crippen molar-refractivity contribution in [2.45, 2.75) is 49.6 Å². The molecule has 168 valence electrons. The van der Waals surface area contributed by atoms with Crippen LogP contribution in [0.25, 0.3) is 0 Å². The van der Waals surface area contributed by atoms with E-state index in [4.69, 9.17) is 0 Å². The maximum atomic E-state index is 13.3. The van der Waals surface area contributed by atoms with Gasteiger partial charge in [0.25, 0.3) is 0 Å². The first-order valence-corrected chi connectivity index (χ1v) is 10.9. The van der Waals surface area contributed by atoms with Crippen molar-refractivity contribution in [3.8, 4) is 0 Å². The Kier molecular flexibility index (Phi) is 5.99. The maximum Gasteiger partial charge on any atom is 0.416 e. The number of nitrogens with one attached hydrogen (secondary N) is 1. The van der Waals surface area contributed by atoms with Gasteiger partial charge in [-0.25, -0.2) is 0 Å². The highest BCUT2D eigenvalue weighted by atomic mass is 19.4. The Morgan fingerprint density at radius 2 is 2.06 bits per heavy atom. The van der Waals surface area contributed by atoms with Gasteiger partial charge in [0.1, 0.15) is 0 Å². The third-order valence-electron chi connectivity index (χ3n) is 6.84. The number of aromatic nitrogens is 2. The fourth-order valence-electron chi connectivity index (χ4n) is 5.10. The van der Waals surface area contributed by atoms with Gasteiger partial charge in [-0.05, 0) is 36.5 Å². The number of aliphatic imine (C=N–C) groups is 1. The molecule has 2 heterocycles. The van der Waals surface area contributed by atoms with E-state index >= 15 is 0 Å². The van der Waals surface area contributed by atoms with Crippen LogP contribution >= 0.6 is 0 Å². The van der Waals surface area contributed by atoms with Gasteiger partial charge in [0.05, 0.1) is 11.8 Å². The number of benzene rings is 1. The third kappa shape index (κ3) is 4.57. The Labute approximate surface area is 181 Å². The fraction of sp³-hybridized carbons (Fsp3) is 0.565. The number of hydrogen-bond acceptors (Lipinski definition) is 2. The van der Waals surface area contributed by atoms with Gasteiger partial charge >= 0.3 is 6.18 Å². The van der Waals surface area contributed by atoms with Crippen LogP contribution in [0, 0.1) is 0 Å². The van der Waals surface area contributed by atoms with Gasteiger partial charge in [0.2, 0.25) is 0 Å². The number of rotatable bonds is 4. The van der Waals surface area contributed by atoms with Crippen LogP contribution in [0.2, 0.25) is 0 Å². The van der Waals surface area contributed by atoms with Gasteiger partial charge in [-0.15, -0.1) is 0 Å². The van der Waals surface area contributed by atoms with E-state index in [1.807, 2.05) is 24.0 Å². The monoisotopic (exact) mass is 433 g/mol. The lowest BCUT2D eigenvalue weighted by Gasteiger charge is -2.33. The zero-order valence-corrected chi connectivity index (χ0v) is 18.1. The van der Waals surface area contributed by atoms with Crippen molar-refractivity contribution < 1.29 is 13.2 Å². The predicted octanol–water partition coefficient (Wildman–Crippen LogP) is 4.32. The number of likely N-dealkylation sites (tertiary alicyclic amines) is 1. The van der Waals surface area contributed by atoms with Gasteiger partial charge in [-0.2, -0.15) is 18.3 Å². The highest BCUT2D eigenvalue weighted by molar-refractivity contribution is 5.80. The van der Waals surface area contributed by atoms with Crippen molar-refractivity contribution in [2.75, 3.05) is 26.7 Å². The fourth-order valence-corrected chi connectivity index (χ4v) is 5.10. The lowest BCUT2D eigenvalue weighted by molar-refractivity contribution is -0.137. The first-order chi connectivity index (χ1) is 14.8. The van der Waals surface area contributed by atoms with E-state index in [0.29, 0.717) is 12.5 Å². The minimum Gasteiger partial charge on any atom is -0.355 e. The first-order valence-electron chi connectivity index (χ1n) is 10.9. The van der Waals surface area contributed by atoms with Gasteiger partial charge in [0, 0.05) is 51.3 Å². The van der Waals surface area contributed by atoms with Crippen molar-refractivity contribution in [3.05, 3.63) is 53.3 Å². The maximum absolute atomic E-state index is 13.3. The van der Waals surface area contributed by atoms with Crippen LogP contribution in [0.15, 0.2) is 41.7 Å². The summed E-state index contributed by atoms with van der Waals surface area (Å²) in [5.41, 5.74) is 1.15. The highest BCUT2D eigenvalue weighted by Gasteiger charge is 2.39. The largest absolute Gasteiger partial charge is 0.416 e. The van der Waals surface area contributed by atoms with E-state index in [-0.39, 0.29) is 5.41 Å². The average molecular weight is 434 g/mol. The number of halogens is 3. The molecule has 2 aromatic rings. The van der Waals surface area contributed by atoms with E-state index in [9.17, 15) is 13.2 Å². The van der Waals surface area contributed by atoms with Gasteiger partial charge in [-0.1, -0.05) is 31.0 Å². The Bertz CT molecular complexity index is 927. The van der Waals surface area contributed by atoms with Crippen LogP contribution in [0.3, 0.4) is 0 Å². The van der Waals surface area contributed by atoms with Crippen LogP contribution in [-0.2, 0) is 18.6 Å². The Balaban J connectivity index is 1.47. The molecule has 1 saturated carbocycles. The molecule has 0 radical (unpaired) electrons. The molecule has 0 amide bonds. The Hall–Kier alpha value is -2.51. The van der Waals surface area contributed by atoms with Gasteiger partial charge in [-0.3, -0.25) is 9.67 Å². The summed E-state index contributed by atoms with van der Waals surface area (Å²) >= 11 is 0. The van der Waals surface area contributed by atoms with E-state index < -0.39 is 11.7 Å². The van der Waals surface area contributed by atoms with Crippen LogP contribution in [0.5, 0.6) is 0 Å². The topological polar surface area (TPSA) is 45.5 Å². The lowest BCUT2D eigenvalue weighted by atomic mass is 9.78. The SMILES string of the molecule is CN=C(NCC1(c2cccc(C(F)(F)F)c2)CCCC1)N1CCC(c2cnn(C)c2)C1. The molecule has 1 aliphatic carbocycles.